The predicted octanol–water partition coefficient (Wildman–Crippen LogP) is 0.182. The van der Waals surface area contributed by atoms with E-state index in [9.17, 15) is 10.4 Å². The van der Waals surface area contributed by atoms with Crippen LogP contribution in [0.3, 0.4) is 0 Å². The number of aromatic nitrogens is 2. The molecule has 0 aliphatic heterocycles. The Morgan fingerprint density at radius 2 is 2.21 bits per heavy atom. The minimum absolute atomic E-state index is 0.193. The highest BCUT2D eigenvalue weighted by molar-refractivity contribution is 6.00. The van der Waals surface area contributed by atoms with E-state index in [0.717, 1.165) is 11.2 Å². The van der Waals surface area contributed by atoms with E-state index in [0.29, 0.717) is 34.7 Å². The zero-order valence-corrected chi connectivity index (χ0v) is 7.77. The molecule has 1 aliphatic carbocycles. The second-order valence-corrected chi connectivity index (χ2v) is 3.35. The second-order valence-electron chi connectivity index (χ2n) is 3.35. The van der Waals surface area contributed by atoms with Gasteiger partial charge >= 0.3 is 0 Å². The van der Waals surface area contributed by atoms with E-state index in [-0.39, 0.29) is 5.82 Å². The zero-order valence-electron chi connectivity index (χ0n) is 7.77. The summed E-state index contributed by atoms with van der Waals surface area (Å²) in [6.45, 7) is 1.51. The van der Waals surface area contributed by atoms with Crippen LogP contribution in [-0.4, -0.2) is 20.9 Å². The molecule has 1 aromatic rings. The Bertz CT molecular complexity index is 408. The summed E-state index contributed by atoms with van der Waals surface area (Å²) in [6.07, 6.45) is 1.94. The number of oxime groups is 1. The van der Waals surface area contributed by atoms with Crippen LogP contribution in [0.4, 0.5) is 0 Å². The standard InChI is InChI=1S/C8H11N3O3/c1-5-10(13)7-4-2-3-6(9-12)8(7)11(5)14/h12,14H,2-4H2,1H3/b9-6+. The average molecular weight is 197 g/mol. The molecule has 0 amide bonds. The molecular formula is C8H11N3O3. The topological polar surface area (TPSA) is 84.7 Å². The third-order valence-corrected chi connectivity index (χ3v) is 2.55. The Hall–Kier alpha value is -1.72. The molecule has 0 saturated carbocycles. The molecule has 1 aliphatic rings. The van der Waals surface area contributed by atoms with Gasteiger partial charge in [0, 0.05) is 13.3 Å². The Kier molecular flexibility index (Phi) is 1.83. The van der Waals surface area contributed by atoms with Gasteiger partial charge < -0.3 is 15.6 Å². The van der Waals surface area contributed by atoms with Crippen LogP contribution >= 0.6 is 0 Å². The monoisotopic (exact) mass is 197 g/mol. The minimum atomic E-state index is 0.193. The molecule has 14 heavy (non-hydrogen) atoms. The van der Waals surface area contributed by atoms with Gasteiger partial charge in [0.1, 0.15) is 5.71 Å². The number of imidazole rings is 1. The Balaban J connectivity index is 2.69. The molecule has 0 fully saturated rings. The molecule has 0 radical (unpaired) electrons. The van der Waals surface area contributed by atoms with E-state index in [1.807, 2.05) is 0 Å². The van der Waals surface area contributed by atoms with Gasteiger partial charge in [-0.2, -0.15) is 0 Å². The van der Waals surface area contributed by atoms with Crippen molar-refractivity contribution in [2.24, 2.45) is 5.16 Å². The van der Waals surface area contributed by atoms with Crippen LogP contribution < -0.4 is 4.73 Å². The number of hydrogen-bond acceptors (Lipinski definition) is 4. The van der Waals surface area contributed by atoms with Crippen molar-refractivity contribution in [3.8, 4) is 0 Å². The molecule has 0 aromatic carbocycles. The van der Waals surface area contributed by atoms with E-state index < -0.39 is 0 Å². The Morgan fingerprint density at radius 3 is 2.86 bits per heavy atom. The van der Waals surface area contributed by atoms with Crippen LogP contribution in [0.25, 0.3) is 0 Å². The maximum Gasteiger partial charge on any atom is 0.297 e. The van der Waals surface area contributed by atoms with Crippen LogP contribution in [-0.2, 0) is 6.42 Å². The van der Waals surface area contributed by atoms with Crippen molar-refractivity contribution in [1.29, 1.82) is 0 Å². The maximum absolute atomic E-state index is 11.5. The van der Waals surface area contributed by atoms with Crippen LogP contribution in [0.2, 0.25) is 0 Å². The lowest BCUT2D eigenvalue weighted by Crippen LogP contribution is -2.34. The van der Waals surface area contributed by atoms with Gasteiger partial charge in [0.2, 0.25) is 5.69 Å². The first-order valence-corrected chi connectivity index (χ1v) is 4.41. The number of fused-ring (bicyclic) bond motifs is 1. The highest BCUT2D eigenvalue weighted by Gasteiger charge is 2.32. The fourth-order valence-electron chi connectivity index (χ4n) is 1.81. The summed E-state index contributed by atoms with van der Waals surface area (Å²) in [5.74, 6) is 0.193. The highest BCUT2D eigenvalue weighted by Crippen LogP contribution is 2.20. The smallest absolute Gasteiger partial charge is 0.297 e. The van der Waals surface area contributed by atoms with Crippen molar-refractivity contribution in [2.45, 2.75) is 26.2 Å². The quantitative estimate of drug-likeness (QED) is 0.204. The van der Waals surface area contributed by atoms with Crippen molar-refractivity contribution < 1.29 is 15.1 Å². The summed E-state index contributed by atoms with van der Waals surface area (Å²) < 4.78 is 1.47. The normalized spacial score (nSPS) is 18.5. The third kappa shape index (κ3) is 0.966. The lowest BCUT2D eigenvalue weighted by molar-refractivity contribution is -0.621. The largest absolute Gasteiger partial charge is 0.710 e. The van der Waals surface area contributed by atoms with E-state index in [4.69, 9.17) is 5.21 Å². The summed E-state index contributed by atoms with van der Waals surface area (Å²) in [5.41, 5.74) is 1.18. The van der Waals surface area contributed by atoms with Crippen LogP contribution in [0.1, 0.15) is 30.1 Å². The molecule has 0 spiro atoms. The second kappa shape index (κ2) is 2.90. The van der Waals surface area contributed by atoms with Crippen LogP contribution in [0.5, 0.6) is 0 Å². The fourth-order valence-corrected chi connectivity index (χ4v) is 1.81. The SMILES string of the molecule is Cc1n(O)c2c([n+]1[O-])CCC/C2=N\O. The fraction of sp³-hybridized carbons (Fsp3) is 0.500. The molecule has 6 heteroatoms. The van der Waals surface area contributed by atoms with Gasteiger partial charge in [0.25, 0.3) is 5.82 Å². The van der Waals surface area contributed by atoms with Gasteiger partial charge in [0.05, 0.1) is 0 Å². The molecule has 6 nitrogen and oxygen atoms in total. The lowest BCUT2D eigenvalue weighted by atomic mass is 9.99. The molecular weight excluding hydrogens is 186 g/mol. The predicted molar refractivity (Wildman–Crippen MR) is 46.6 cm³/mol. The average Bonchev–Trinajstić information content (AvgIpc) is 2.44. The molecule has 1 aromatic heterocycles. The summed E-state index contributed by atoms with van der Waals surface area (Å²) in [7, 11) is 0. The van der Waals surface area contributed by atoms with Crippen molar-refractivity contribution in [1.82, 2.24) is 4.73 Å². The molecule has 0 atom stereocenters. The van der Waals surface area contributed by atoms with E-state index in [1.54, 1.807) is 0 Å². The van der Waals surface area contributed by atoms with E-state index in [1.165, 1.54) is 6.92 Å². The first kappa shape index (κ1) is 8.86. The van der Waals surface area contributed by atoms with Crippen molar-refractivity contribution >= 4 is 5.71 Å². The first-order chi connectivity index (χ1) is 6.66. The molecule has 0 unspecified atom stereocenters. The van der Waals surface area contributed by atoms with Crippen molar-refractivity contribution in [3.63, 3.8) is 0 Å². The summed E-state index contributed by atoms with van der Waals surface area (Å²) in [6, 6.07) is 0. The molecule has 76 valence electrons. The van der Waals surface area contributed by atoms with Gasteiger partial charge in [-0.25, -0.2) is 4.73 Å². The van der Waals surface area contributed by atoms with Crippen molar-refractivity contribution in [3.05, 3.63) is 22.4 Å². The minimum Gasteiger partial charge on any atom is -0.710 e. The van der Waals surface area contributed by atoms with Gasteiger partial charge in [-0.3, -0.25) is 0 Å². The van der Waals surface area contributed by atoms with Gasteiger partial charge in [-0.1, -0.05) is 5.16 Å². The highest BCUT2D eigenvalue weighted by atomic mass is 16.5. The number of rotatable bonds is 0. The number of hydrogen-bond donors (Lipinski definition) is 2. The van der Waals surface area contributed by atoms with Gasteiger partial charge in [-0.15, -0.1) is 0 Å². The Labute approximate surface area is 80.2 Å². The summed E-state index contributed by atoms with van der Waals surface area (Å²) in [5, 5.41) is 32.9. The van der Waals surface area contributed by atoms with E-state index in [2.05, 4.69) is 5.16 Å². The third-order valence-electron chi connectivity index (χ3n) is 2.55. The summed E-state index contributed by atoms with van der Waals surface area (Å²) >= 11 is 0. The Morgan fingerprint density at radius 1 is 1.50 bits per heavy atom. The lowest BCUT2D eigenvalue weighted by Gasteiger charge is -2.10. The van der Waals surface area contributed by atoms with Gasteiger partial charge in [0.15, 0.2) is 5.69 Å². The van der Waals surface area contributed by atoms with Crippen molar-refractivity contribution in [2.75, 3.05) is 0 Å². The maximum atomic E-state index is 11.5. The molecule has 1 heterocycles. The van der Waals surface area contributed by atoms with Gasteiger partial charge in [-0.05, 0) is 17.6 Å². The molecule has 0 bridgehead atoms. The first-order valence-electron chi connectivity index (χ1n) is 4.41. The molecule has 0 saturated heterocycles. The number of nitrogens with zero attached hydrogens (tertiary/aromatic N) is 3. The van der Waals surface area contributed by atoms with Crippen LogP contribution in [0, 0.1) is 12.1 Å². The zero-order chi connectivity index (χ0) is 10.3. The van der Waals surface area contributed by atoms with Crippen LogP contribution in [0.15, 0.2) is 5.16 Å². The van der Waals surface area contributed by atoms with E-state index >= 15 is 0 Å². The summed E-state index contributed by atoms with van der Waals surface area (Å²) in [4.78, 5) is 0. The molecule has 2 rings (SSSR count). The molecule has 2 N–H and O–H groups in total.